The lowest BCUT2D eigenvalue weighted by Crippen LogP contribution is -2.05. The van der Waals surface area contributed by atoms with Gasteiger partial charge in [-0.25, -0.2) is 22.0 Å². The van der Waals surface area contributed by atoms with Crippen LogP contribution >= 0.6 is 0 Å². The number of benzene rings is 2. The first-order valence-corrected chi connectivity index (χ1v) is 7.38. The molecule has 1 aromatic heterocycles. The molecule has 2 aromatic carbocycles. The number of halogens is 5. The zero-order valence-electron chi connectivity index (χ0n) is 13.3. The average Bonchev–Trinajstić information content (AvgIpc) is 2.60. The van der Waals surface area contributed by atoms with E-state index in [0.717, 1.165) is 0 Å². The minimum Gasteiger partial charge on any atom is -0.256 e. The van der Waals surface area contributed by atoms with E-state index in [0.29, 0.717) is 22.4 Å². The lowest BCUT2D eigenvalue weighted by molar-refractivity contribution is 0.381. The molecule has 0 aliphatic heterocycles. The normalized spacial score (nSPS) is 11.0. The summed E-state index contributed by atoms with van der Waals surface area (Å²) in [5.74, 6) is -9.85. The topological polar surface area (TPSA) is 12.9 Å². The SMILES string of the molecule is Cc1cccnc1-c1c(C)cccc1-c1c(F)c(F)c(F)c(F)c1F. The number of nitrogens with zero attached hydrogens (tertiary/aromatic N) is 1. The molecule has 0 N–H and O–H groups in total. The van der Waals surface area contributed by atoms with E-state index in [9.17, 15) is 22.0 Å². The lowest BCUT2D eigenvalue weighted by Gasteiger charge is -2.16. The van der Waals surface area contributed by atoms with E-state index >= 15 is 0 Å². The molecule has 25 heavy (non-hydrogen) atoms. The van der Waals surface area contributed by atoms with Crippen LogP contribution in [0.1, 0.15) is 11.1 Å². The van der Waals surface area contributed by atoms with Crippen molar-refractivity contribution in [2.24, 2.45) is 0 Å². The molecule has 0 bridgehead atoms. The molecule has 1 nitrogen and oxygen atoms in total. The summed E-state index contributed by atoms with van der Waals surface area (Å²) in [4.78, 5) is 4.21. The number of rotatable bonds is 2. The van der Waals surface area contributed by atoms with Crippen LogP contribution in [0, 0.1) is 42.9 Å². The third kappa shape index (κ3) is 2.67. The van der Waals surface area contributed by atoms with Crippen molar-refractivity contribution in [2.75, 3.05) is 0 Å². The van der Waals surface area contributed by atoms with Gasteiger partial charge in [-0.1, -0.05) is 24.3 Å². The first-order valence-electron chi connectivity index (χ1n) is 7.38. The van der Waals surface area contributed by atoms with Crippen LogP contribution in [0.2, 0.25) is 0 Å². The van der Waals surface area contributed by atoms with Crippen LogP contribution < -0.4 is 0 Å². The first-order chi connectivity index (χ1) is 11.8. The van der Waals surface area contributed by atoms with Crippen molar-refractivity contribution in [1.82, 2.24) is 4.98 Å². The van der Waals surface area contributed by atoms with Crippen molar-refractivity contribution in [3.63, 3.8) is 0 Å². The maximum absolute atomic E-state index is 14.3. The third-order valence-corrected chi connectivity index (χ3v) is 4.00. The molecular weight excluding hydrogens is 337 g/mol. The van der Waals surface area contributed by atoms with Gasteiger partial charge in [-0.15, -0.1) is 0 Å². The van der Waals surface area contributed by atoms with Crippen LogP contribution in [-0.4, -0.2) is 4.98 Å². The van der Waals surface area contributed by atoms with E-state index in [1.807, 2.05) is 0 Å². The standard InChI is InChI=1S/C19H12F5N/c1-9-5-3-7-11(12(9)19-10(2)6-4-8-25-19)13-14(20)16(22)18(24)17(23)15(13)21/h3-8H,1-2H3. The van der Waals surface area contributed by atoms with E-state index in [1.54, 1.807) is 32.0 Å². The second-order valence-electron chi connectivity index (χ2n) is 5.61. The average molecular weight is 349 g/mol. The molecule has 1 heterocycles. The minimum absolute atomic E-state index is 0.102. The summed E-state index contributed by atoms with van der Waals surface area (Å²) in [6.45, 7) is 3.43. The van der Waals surface area contributed by atoms with Crippen molar-refractivity contribution in [3.05, 3.63) is 76.7 Å². The zero-order chi connectivity index (χ0) is 18.3. The zero-order valence-corrected chi connectivity index (χ0v) is 13.3. The van der Waals surface area contributed by atoms with Gasteiger partial charge in [0, 0.05) is 11.8 Å². The molecule has 0 radical (unpaired) electrons. The van der Waals surface area contributed by atoms with Gasteiger partial charge in [0.05, 0.1) is 11.3 Å². The quantitative estimate of drug-likeness (QED) is 0.327. The van der Waals surface area contributed by atoms with Gasteiger partial charge in [0.2, 0.25) is 5.82 Å². The predicted molar refractivity (Wildman–Crippen MR) is 84.4 cm³/mol. The highest BCUT2D eigenvalue weighted by molar-refractivity contribution is 5.85. The maximum Gasteiger partial charge on any atom is 0.200 e. The Bertz CT molecular complexity index is 953. The molecule has 0 saturated heterocycles. The number of pyridine rings is 1. The van der Waals surface area contributed by atoms with Crippen molar-refractivity contribution in [2.45, 2.75) is 13.8 Å². The van der Waals surface area contributed by atoms with E-state index in [1.165, 1.54) is 18.3 Å². The van der Waals surface area contributed by atoms with Crippen LogP contribution in [0.4, 0.5) is 22.0 Å². The molecule has 3 rings (SSSR count). The van der Waals surface area contributed by atoms with Crippen LogP contribution in [0.5, 0.6) is 0 Å². The van der Waals surface area contributed by atoms with Gasteiger partial charge < -0.3 is 0 Å². The highest BCUT2D eigenvalue weighted by Crippen LogP contribution is 2.39. The molecule has 0 aliphatic carbocycles. The van der Waals surface area contributed by atoms with E-state index in [4.69, 9.17) is 0 Å². The number of hydrogen-bond donors (Lipinski definition) is 0. The van der Waals surface area contributed by atoms with Crippen molar-refractivity contribution < 1.29 is 22.0 Å². The largest absolute Gasteiger partial charge is 0.256 e. The molecule has 0 fully saturated rings. The summed E-state index contributed by atoms with van der Waals surface area (Å²) < 4.78 is 69.1. The Labute approximate surface area is 140 Å². The summed E-state index contributed by atoms with van der Waals surface area (Å²) in [6, 6.07) is 7.92. The van der Waals surface area contributed by atoms with E-state index in [2.05, 4.69) is 4.98 Å². The summed E-state index contributed by atoms with van der Waals surface area (Å²) >= 11 is 0. The van der Waals surface area contributed by atoms with E-state index in [-0.39, 0.29) is 5.56 Å². The second-order valence-corrected chi connectivity index (χ2v) is 5.61. The smallest absolute Gasteiger partial charge is 0.200 e. The predicted octanol–water partition coefficient (Wildman–Crippen LogP) is 5.73. The Hall–Kier alpha value is -2.76. The van der Waals surface area contributed by atoms with Gasteiger partial charge in [-0.2, -0.15) is 0 Å². The van der Waals surface area contributed by atoms with Crippen molar-refractivity contribution in [3.8, 4) is 22.4 Å². The van der Waals surface area contributed by atoms with Gasteiger partial charge in [-0.05, 0) is 36.6 Å². The molecule has 3 aromatic rings. The molecular formula is C19H12F5N. The number of aryl methyl sites for hydroxylation is 2. The molecule has 0 aliphatic rings. The van der Waals surface area contributed by atoms with Crippen LogP contribution in [0.25, 0.3) is 22.4 Å². The Morgan fingerprint density at radius 1 is 0.640 bits per heavy atom. The highest BCUT2D eigenvalue weighted by Gasteiger charge is 2.28. The van der Waals surface area contributed by atoms with Crippen LogP contribution in [-0.2, 0) is 0 Å². The number of hydrogen-bond acceptors (Lipinski definition) is 1. The third-order valence-electron chi connectivity index (χ3n) is 4.00. The van der Waals surface area contributed by atoms with Gasteiger partial charge in [-0.3, -0.25) is 4.98 Å². The van der Waals surface area contributed by atoms with Crippen molar-refractivity contribution >= 4 is 0 Å². The van der Waals surface area contributed by atoms with E-state index < -0.39 is 34.6 Å². The highest BCUT2D eigenvalue weighted by atomic mass is 19.2. The van der Waals surface area contributed by atoms with Gasteiger partial charge in [0.1, 0.15) is 0 Å². The minimum atomic E-state index is -2.18. The molecule has 128 valence electrons. The molecule has 0 saturated carbocycles. The molecule has 0 spiro atoms. The monoisotopic (exact) mass is 349 g/mol. The summed E-state index contributed by atoms with van der Waals surface area (Å²) in [6.07, 6.45) is 1.50. The van der Waals surface area contributed by atoms with Crippen LogP contribution in [0.15, 0.2) is 36.5 Å². The molecule has 0 unspecified atom stereocenters. The molecule has 6 heteroatoms. The number of aromatic nitrogens is 1. The first kappa shape index (κ1) is 17.1. The Kier molecular flexibility index (Phi) is 4.29. The fourth-order valence-electron chi connectivity index (χ4n) is 2.78. The van der Waals surface area contributed by atoms with Crippen LogP contribution in [0.3, 0.4) is 0 Å². The Morgan fingerprint density at radius 2 is 1.20 bits per heavy atom. The van der Waals surface area contributed by atoms with Gasteiger partial charge in [0.15, 0.2) is 23.3 Å². The fourth-order valence-corrected chi connectivity index (χ4v) is 2.78. The molecule has 0 amide bonds. The second kappa shape index (κ2) is 6.27. The molecule has 0 atom stereocenters. The van der Waals surface area contributed by atoms with Gasteiger partial charge in [0.25, 0.3) is 0 Å². The van der Waals surface area contributed by atoms with Crippen molar-refractivity contribution in [1.29, 1.82) is 0 Å². The Morgan fingerprint density at radius 3 is 1.80 bits per heavy atom. The Balaban J connectivity index is 2.43. The fraction of sp³-hybridized carbons (Fsp3) is 0.105. The maximum atomic E-state index is 14.3. The lowest BCUT2D eigenvalue weighted by atomic mass is 9.91. The summed E-state index contributed by atoms with van der Waals surface area (Å²) in [5.41, 5.74) is 0.989. The summed E-state index contributed by atoms with van der Waals surface area (Å²) in [5, 5.41) is 0. The summed E-state index contributed by atoms with van der Waals surface area (Å²) in [7, 11) is 0. The van der Waals surface area contributed by atoms with Gasteiger partial charge >= 0.3 is 0 Å².